The van der Waals surface area contributed by atoms with Crippen LogP contribution < -0.4 is 5.43 Å². The minimum Gasteiger partial charge on any atom is -0.380 e. The Morgan fingerprint density at radius 2 is 2.43 bits per heavy atom. The summed E-state index contributed by atoms with van der Waals surface area (Å²) in [6.07, 6.45) is 1.17. The van der Waals surface area contributed by atoms with E-state index in [-0.39, 0.29) is 12.0 Å². The molecule has 1 heterocycles. The van der Waals surface area contributed by atoms with E-state index in [1.54, 1.807) is 19.2 Å². The number of likely N-dealkylation sites (N-methyl/N-ethyl adjacent to an activating group) is 1. The number of nitrogens with one attached hydrogen (secondary N) is 1. The SMILES string of the molecule is CNN(C)CC(=O)N1CCC(OC)C1. The second-order valence-electron chi connectivity index (χ2n) is 3.57. The molecule has 1 rings (SSSR count). The largest absolute Gasteiger partial charge is 0.380 e. The van der Waals surface area contributed by atoms with Crippen LogP contribution >= 0.6 is 0 Å². The predicted molar refractivity (Wildman–Crippen MR) is 53.7 cm³/mol. The molecule has 1 N–H and O–H groups in total. The van der Waals surface area contributed by atoms with E-state index in [4.69, 9.17) is 4.74 Å². The average molecular weight is 201 g/mol. The molecule has 1 saturated heterocycles. The molecule has 1 aliphatic heterocycles. The van der Waals surface area contributed by atoms with Gasteiger partial charge in [-0.1, -0.05) is 0 Å². The van der Waals surface area contributed by atoms with Gasteiger partial charge in [-0.15, -0.1) is 0 Å². The lowest BCUT2D eigenvalue weighted by Crippen LogP contribution is -2.42. The van der Waals surface area contributed by atoms with Gasteiger partial charge in [0, 0.05) is 27.2 Å². The lowest BCUT2D eigenvalue weighted by molar-refractivity contribution is -0.132. The standard InChI is InChI=1S/C9H19N3O2/c1-10-11(2)7-9(13)12-5-4-8(6-12)14-3/h8,10H,4-7H2,1-3H3. The van der Waals surface area contributed by atoms with Crippen molar-refractivity contribution in [1.29, 1.82) is 0 Å². The maximum atomic E-state index is 11.7. The van der Waals surface area contributed by atoms with Crippen molar-refractivity contribution >= 4 is 5.91 Å². The molecule has 1 aliphatic rings. The van der Waals surface area contributed by atoms with E-state index in [9.17, 15) is 4.79 Å². The maximum Gasteiger partial charge on any atom is 0.238 e. The zero-order valence-corrected chi connectivity index (χ0v) is 9.12. The number of carbonyl (C=O) groups excluding carboxylic acids is 1. The molecule has 14 heavy (non-hydrogen) atoms. The molecule has 0 aromatic heterocycles. The van der Waals surface area contributed by atoms with Crippen LogP contribution in [0.25, 0.3) is 0 Å². The minimum absolute atomic E-state index is 0.154. The number of nitrogens with zero attached hydrogens (tertiary/aromatic N) is 2. The molecule has 82 valence electrons. The zero-order valence-electron chi connectivity index (χ0n) is 9.12. The number of hydrogen-bond acceptors (Lipinski definition) is 4. The first-order valence-corrected chi connectivity index (χ1v) is 4.86. The van der Waals surface area contributed by atoms with Gasteiger partial charge >= 0.3 is 0 Å². The molecular formula is C9H19N3O2. The van der Waals surface area contributed by atoms with Crippen molar-refractivity contribution in [3.63, 3.8) is 0 Å². The number of methoxy groups -OCH3 is 1. The number of hydrogen-bond donors (Lipinski definition) is 1. The summed E-state index contributed by atoms with van der Waals surface area (Å²) in [5.74, 6) is 0.154. The van der Waals surface area contributed by atoms with Crippen molar-refractivity contribution in [3.8, 4) is 0 Å². The Morgan fingerprint density at radius 1 is 1.71 bits per heavy atom. The van der Waals surface area contributed by atoms with Gasteiger partial charge in [0.2, 0.25) is 5.91 Å². The summed E-state index contributed by atoms with van der Waals surface area (Å²) in [5, 5.41) is 1.77. The second kappa shape index (κ2) is 5.29. The topological polar surface area (TPSA) is 44.8 Å². The van der Waals surface area contributed by atoms with Crippen LogP contribution in [0.2, 0.25) is 0 Å². The molecular weight excluding hydrogens is 182 g/mol. The van der Waals surface area contributed by atoms with Crippen LogP contribution in [0.4, 0.5) is 0 Å². The molecule has 0 aromatic carbocycles. The Morgan fingerprint density at radius 3 is 2.93 bits per heavy atom. The molecule has 1 unspecified atom stereocenters. The van der Waals surface area contributed by atoms with Gasteiger partial charge in [0.25, 0.3) is 0 Å². The first-order valence-electron chi connectivity index (χ1n) is 4.86. The van der Waals surface area contributed by atoms with Crippen LogP contribution in [0, 0.1) is 0 Å². The third-order valence-corrected chi connectivity index (χ3v) is 2.59. The Kier molecular flexibility index (Phi) is 4.31. The van der Waals surface area contributed by atoms with Gasteiger partial charge in [-0.3, -0.25) is 10.2 Å². The number of hydrazine groups is 1. The fourth-order valence-corrected chi connectivity index (χ4v) is 1.53. The van der Waals surface area contributed by atoms with Crippen molar-refractivity contribution < 1.29 is 9.53 Å². The van der Waals surface area contributed by atoms with Crippen molar-refractivity contribution in [2.75, 3.05) is 40.8 Å². The summed E-state index contributed by atoms with van der Waals surface area (Å²) in [6, 6.07) is 0. The van der Waals surface area contributed by atoms with E-state index >= 15 is 0 Å². The Hall–Kier alpha value is -0.650. The molecule has 0 spiro atoms. The van der Waals surface area contributed by atoms with Gasteiger partial charge in [0.1, 0.15) is 0 Å². The average Bonchev–Trinajstić information content (AvgIpc) is 2.65. The highest BCUT2D eigenvalue weighted by molar-refractivity contribution is 5.78. The van der Waals surface area contributed by atoms with Crippen LogP contribution in [-0.2, 0) is 9.53 Å². The highest BCUT2D eigenvalue weighted by atomic mass is 16.5. The highest BCUT2D eigenvalue weighted by Gasteiger charge is 2.26. The van der Waals surface area contributed by atoms with Crippen LogP contribution in [0.1, 0.15) is 6.42 Å². The number of likely N-dealkylation sites (tertiary alicyclic amines) is 1. The Bertz CT molecular complexity index is 198. The van der Waals surface area contributed by atoms with Gasteiger partial charge in [0.15, 0.2) is 0 Å². The molecule has 1 atom stereocenters. The van der Waals surface area contributed by atoms with Crippen molar-refractivity contribution in [2.45, 2.75) is 12.5 Å². The van der Waals surface area contributed by atoms with E-state index in [1.807, 2.05) is 11.9 Å². The quantitative estimate of drug-likeness (QED) is 0.611. The zero-order chi connectivity index (χ0) is 10.6. The van der Waals surface area contributed by atoms with Gasteiger partial charge in [-0.05, 0) is 13.5 Å². The van der Waals surface area contributed by atoms with Gasteiger partial charge < -0.3 is 9.64 Å². The van der Waals surface area contributed by atoms with Gasteiger partial charge in [0.05, 0.1) is 12.6 Å². The monoisotopic (exact) mass is 201 g/mol. The van der Waals surface area contributed by atoms with Crippen LogP contribution in [0.5, 0.6) is 0 Å². The lowest BCUT2D eigenvalue weighted by Gasteiger charge is -2.20. The third kappa shape index (κ3) is 2.94. The molecule has 0 aromatic rings. The van der Waals surface area contributed by atoms with E-state index in [1.165, 1.54) is 0 Å². The summed E-state index contributed by atoms with van der Waals surface area (Å²) in [4.78, 5) is 13.5. The van der Waals surface area contributed by atoms with Crippen LogP contribution in [0.15, 0.2) is 0 Å². The van der Waals surface area contributed by atoms with E-state index in [0.717, 1.165) is 19.5 Å². The Balaban J connectivity index is 2.32. The molecule has 0 aliphatic carbocycles. The molecule has 1 amide bonds. The summed E-state index contributed by atoms with van der Waals surface area (Å²) < 4.78 is 5.20. The summed E-state index contributed by atoms with van der Waals surface area (Å²) in [6.45, 7) is 1.95. The number of amides is 1. The van der Waals surface area contributed by atoms with Crippen LogP contribution in [-0.4, -0.2) is 62.8 Å². The molecule has 0 bridgehead atoms. The number of carbonyl (C=O) groups is 1. The minimum atomic E-state index is 0.154. The Labute approximate surface area is 85.0 Å². The molecule has 0 saturated carbocycles. The number of ether oxygens (including phenoxy) is 1. The fraction of sp³-hybridized carbons (Fsp3) is 0.889. The van der Waals surface area contributed by atoms with Crippen molar-refractivity contribution in [2.24, 2.45) is 0 Å². The smallest absolute Gasteiger partial charge is 0.238 e. The summed E-state index contributed by atoms with van der Waals surface area (Å²) in [5.41, 5.74) is 2.90. The first-order chi connectivity index (χ1) is 6.67. The number of rotatable bonds is 4. The summed E-state index contributed by atoms with van der Waals surface area (Å²) in [7, 11) is 5.34. The van der Waals surface area contributed by atoms with E-state index < -0.39 is 0 Å². The molecule has 0 radical (unpaired) electrons. The second-order valence-corrected chi connectivity index (χ2v) is 3.57. The fourth-order valence-electron chi connectivity index (χ4n) is 1.53. The normalized spacial score (nSPS) is 22.0. The van der Waals surface area contributed by atoms with Crippen molar-refractivity contribution in [3.05, 3.63) is 0 Å². The van der Waals surface area contributed by atoms with Crippen LogP contribution in [0.3, 0.4) is 0 Å². The molecule has 5 heteroatoms. The molecule has 5 nitrogen and oxygen atoms in total. The first kappa shape index (κ1) is 11.4. The summed E-state index contributed by atoms with van der Waals surface area (Å²) >= 11 is 0. The molecule has 1 fully saturated rings. The van der Waals surface area contributed by atoms with E-state index in [2.05, 4.69) is 5.43 Å². The maximum absolute atomic E-state index is 11.7. The third-order valence-electron chi connectivity index (χ3n) is 2.59. The predicted octanol–water partition coefficient (Wildman–Crippen LogP) is -0.700. The van der Waals surface area contributed by atoms with E-state index in [0.29, 0.717) is 6.54 Å². The highest BCUT2D eigenvalue weighted by Crippen LogP contribution is 2.11. The lowest BCUT2D eigenvalue weighted by atomic mass is 10.3. The van der Waals surface area contributed by atoms with Gasteiger partial charge in [-0.25, -0.2) is 5.01 Å². The van der Waals surface area contributed by atoms with Gasteiger partial charge in [-0.2, -0.15) is 0 Å². The van der Waals surface area contributed by atoms with Crippen molar-refractivity contribution in [1.82, 2.24) is 15.3 Å².